The molecule has 25 heavy (non-hydrogen) atoms. The fourth-order valence-corrected chi connectivity index (χ4v) is 2.74. The lowest BCUT2D eigenvalue weighted by molar-refractivity contribution is -0.257. The second-order valence-electron chi connectivity index (χ2n) is 7.36. The largest absolute Gasteiger partial charge is 0.495 e. The minimum atomic E-state index is -5.08. The number of alkyl halides is 3. The molecule has 0 amide bonds. The Kier molecular flexibility index (Phi) is 5.98. The summed E-state index contributed by atoms with van der Waals surface area (Å²) in [5, 5.41) is 0. The lowest BCUT2D eigenvalue weighted by Gasteiger charge is -2.28. The maximum absolute atomic E-state index is 12.3. The van der Waals surface area contributed by atoms with Gasteiger partial charge in [0.2, 0.25) is 0 Å². The molecule has 1 aliphatic rings. The summed E-state index contributed by atoms with van der Waals surface area (Å²) in [7, 11) is 0. The lowest BCUT2D eigenvalue weighted by atomic mass is 9.86. The number of halogens is 3. The predicted octanol–water partition coefficient (Wildman–Crippen LogP) is 4.37. The molecule has 1 aromatic rings. The minimum absolute atomic E-state index is 0.113. The number of likely N-dealkylation sites (tertiary alicyclic amines) is 1. The van der Waals surface area contributed by atoms with Gasteiger partial charge in [-0.15, -0.1) is 0 Å². The molecule has 1 aliphatic heterocycles. The van der Waals surface area contributed by atoms with E-state index in [0.29, 0.717) is 12.1 Å². The molecule has 0 bridgehead atoms. The second-order valence-corrected chi connectivity index (χ2v) is 7.36. The van der Waals surface area contributed by atoms with Crippen LogP contribution in [0.4, 0.5) is 13.2 Å². The molecule has 2 rings (SSSR count). The van der Waals surface area contributed by atoms with Gasteiger partial charge in [-0.25, -0.2) is 9.68 Å². The molecule has 0 atom stereocenters. The van der Waals surface area contributed by atoms with Gasteiger partial charge >= 0.3 is 12.1 Å². The van der Waals surface area contributed by atoms with Crippen LogP contribution in [0.5, 0.6) is 5.75 Å². The Morgan fingerprint density at radius 2 is 1.76 bits per heavy atom. The molecule has 7 heteroatoms. The summed E-state index contributed by atoms with van der Waals surface area (Å²) in [4.78, 5) is 21.8. The van der Waals surface area contributed by atoms with E-state index in [2.05, 4.69) is 30.6 Å². The van der Waals surface area contributed by atoms with Crippen molar-refractivity contribution in [1.29, 1.82) is 0 Å². The molecule has 1 saturated heterocycles. The summed E-state index contributed by atoms with van der Waals surface area (Å²) in [5.74, 6) is -2.23. The van der Waals surface area contributed by atoms with E-state index in [-0.39, 0.29) is 11.2 Å². The molecule has 140 valence electrons. The van der Waals surface area contributed by atoms with Crippen molar-refractivity contribution >= 4 is 5.97 Å². The maximum atomic E-state index is 12.3. The number of benzene rings is 1. The number of rotatable bonds is 4. The van der Waals surface area contributed by atoms with Crippen LogP contribution in [0.15, 0.2) is 18.2 Å². The molecule has 0 aliphatic carbocycles. The van der Waals surface area contributed by atoms with Crippen molar-refractivity contribution in [2.24, 2.45) is 0 Å². The molecule has 0 N–H and O–H groups in total. The summed E-state index contributed by atoms with van der Waals surface area (Å²) in [6.45, 7) is 8.57. The van der Waals surface area contributed by atoms with Gasteiger partial charge in [0.25, 0.3) is 0 Å². The second kappa shape index (κ2) is 7.64. The van der Waals surface area contributed by atoms with E-state index >= 15 is 0 Å². The zero-order chi connectivity index (χ0) is 18.7. The van der Waals surface area contributed by atoms with Gasteiger partial charge in [-0.05, 0) is 43.0 Å². The van der Waals surface area contributed by atoms with Crippen molar-refractivity contribution in [3.8, 4) is 5.75 Å². The van der Waals surface area contributed by atoms with E-state index in [1.807, 2.05) is 6.07 Å². The van der Waals surface area contributed by atoms with Crippen molar-refractivity contribution in [2.45, 2.75) is 58.2 Å². The number of hydrogen-bond acceptors (Lipinski definition) is 4. The fourth-order valence-electron chi connectivity index (χ4n) is 2.74. The van der Waals surface area contributed by atoms with Gasteiger partial charge in [-0.2, -0.15) is 13.2 Å². The molecule has 0 aromatic heterocycles. The van der Waals surface area contributed by atoms with Gasteiger partial charge in [0.05, 0.1) is 0 Å². The van der Waals surface area contributed by atoms with Crippen LogP contribution in [0.2, 0.25) is 0 Å². The first-order valence-electron chi connectivity index (χ1n) is 8.39. The summed E-state index contributed by atoms with van der Waals surface area (Å²) in [6, 6.07) is 5.24. The van der Waals surface area contributed by atoms with Crippen molar-refractivity contribution in [3.63, 3.8) is 0 Å². The highest BCUT2D eigenvalue weighted by Gasteiger charge is 2.43. The van der Waals surface area contributed by atoms with E-state index in [4.69, 9.17) is 4.89 Å². The Hall–Kier alpha value is -1.76. The van der Waals surface area contributed by atoms with Crippen LogP contribution in [0.1, 0.15) is 51.2 Å². The van der Waals surface area contributed by atoms with E-state index in [0.717, 1.165) is 31.5 Å². The Balaban J connectivity index is 2.19. The number of nitrogens with zero attached hydrogens (tertiary/aromatic N) is 1. The molecule has 1 fully saturated rings. The van der Waals surface area contributed by atoms with Gasteiger partial charge in [-0.3, -0.25) is 9.79 Å². The van der Waals surface area contributed by atoms with Gasteiger partial charge in [0, 0.05) is 12.1 Å². The third-order valence-electron chi connectivity index (χ3n) is 4.21. The number of hydrogen-bond donors (Lipinski definition) is 0. The molecule has 4 nitrogen and oxygen atoms in total. The van der Waals surface area contributed by atoms with Gasteiger partial charge in [0.15, 0.2) is 5.75 Å². The molecular weight excluding hydrogens is 335 g/mol. The molecule has 1 heterocycles. The third-order valence-corrected chi connectivity index (χ3v) is 4.21. The van der Waals surface area contributed by atoms with Crippen LogP contribution in [-0.2, 0) is 21.6 Å². The van der Waals surface area contributed by atoms with E-state index in [9.17, 15) is 18.0 Å². The molecule has 0 spiro atoms. The smallest absolute Gasteiger partial charge is 0.299 e. The summed E-state index contributed by atoms with van der Waals surface area (Å²) >= 11 is 0. The summed E-state index contributed by atoms with van der Waals surface area (Å²) < 4.78 is 36.8. The zero-order valence-corrected chi connectivity index (χ0v) is 14.8. The monoisotopic (exact) mass is 359 g/mol. The molecule has 0 radical (unpaired) electrons. The average Bonchev–Trinajstić information content (AvgIpc) is 2.52. The van der Waals surface area contributed by atoms with Crippen molar-refractivity contribution in [3.05, 3.63) is 29.3 Å². The van der Waals surface area contributed by atoms with Gasteiger partial charge < -0.3 is 0 Å². The Morgan fingerprint density at radius 1 is 1.12 bits per heavy atom. The first-order chi connectivity index (χ1) is 11.6. The SMILES string of the molecule is CC(C)(C)c1ccc(OOC(=O)C(F)(F)F)c(CN2CCCCC2)c1. The lowest BCUT2D eigenvalue weighted by Crippen LogP contribution is -2.30. The van der Waals surface area contributed by atoms with Crippen molar-refractivity contribution < 1.29 is 27.7 Å². The highest BCUT2D eigenvalue weighted by atomic mass is 19.4. The number of piperidine rings is 1. The van der Waals surface area contributed by atoms with E-state index in [1.165, 1.54) is 6.42 Å². The minimum Gasteiger partial charge on any atom is -0.299 e. The van der Waals surface area contributed by atoms with Crippen LogP contribution in [-0.4, -0.2) is 30.1 Å². The molecule has 1 aromatic carbocycles. The van der Waals surface area contributed by atoms with Crippen LogP contribution in [0.25, 0.3) is 0 Å². The summed E-state index contributed by atoms with van der Waals surface area (Å²) in [6.07, 6.45) is -1.71. The standard InChI is InChI=1S/C18H24F3NO3/c1-17(2,3)14-7-8-15(24-25-16(23)18(19,20)21)13(11-14)12-22-9-5-4-6-10-22/h7-8,11H,4-6,9-10,12H2,1-3H3. The molecule has 0 saturated carbocycles. The van der Waals surface area contributed by atoms with Crippen LogP contribution in [0.3, 0.4) is 0 Å². The van der Waals surface area contributed by atoms with E-state index < -0.39 is 12.1 Å². The summed E-state index contributed by atoms with van der Waals surface area (Å²) in [5.41, 5.74) is 1.64. The first kappa shape index (κ1) is 19.6. The fraction of sp³-hybridized carbons (Fsp3) is 0.611. The van der Waals surface area contributed by atoms with E-state index in [1.54, 1.807) is 12.1 Å². The number of carbonyl (C=O) groups excluding carboxylic acids is 1. The van der Waals surface area contributed by atoms with Crippen molar-refractivity contribution in [1.82, 2.24) is 4.90 Å². The van der Waals surface area contributed by atoms with Crippen LogP contribution in [0, 0.1) is 0 Å². The van der Waals surface area contributed by atoms with Crippen LogP contribution >= 0.6 is 0 Å². The highest BCUT2D eigenvalue weighted by Crippen LogP contribution is 2.30. The molecule has 0 unspecified atom stereocenters. The Morgan fingerprint density at radius 3 is 2.32 bits per heavy atom. The van der Waals surface area contributed by atoms with Crippen molar-refractivity contribution in [2.75, 3.05) is 13.1 Å². The Bertz CT molecular complexity index is 603. The van der Waals surface area contributed by atoms with Gasteiger partial charge in [0.1, 0.15) is 0 Å². The maximum Gasteiger partial charge on any atom is 0.495 e. The topological polar surface area (TPSA) is 38.8 Å². The highest BCUT2D eigenvalue weighted by molar-refractivity contribution is 5.75. The normalized spacial score (nSPS) is 16.6. The third kappa shape index (κ3) is 5.63. The average molecular weight is 359 g/mol. The van der Waals surface area contributed by atoms with Crippen LogP contribution < -0.4 is 4.89 Å². The predicted molar refractivity (Wildman–Crippen MR) is 87.0 cm³/mol. The first-order valence-corrected chi connectivity index (χ1v) is 8.39. The van der Waals surface area contributed by atoms with Gasteiger partial charge in [-0.1, -0.05) is 39.3 Å². The number of carbonyl (C=O) groups is 1. The Labute approximate surface area is 145 Å². The zero-order valence-electron chi connectivity index (χ0n) is 14.8. The quantitative estimate of drug-likeness (QED) is 0.591. The molecular formula is C18H24F3NO3.